The number of hydrogen-bond donors (Lipinski definition) is 1. The van der Waals surface area contributed by atoms with Crippen molar-refractivity contribution in [2.75, 3.05) is 6.54 Å². The summed E-state index contributed by atoms with van der Waals surface area (Å²) in [7, 11) is 0. The number of rotatable bonds is 5. The van der Waals surface area contributed by atoms with E-state index in [0.717, 1.165) is 12.2 Å². The minimum absolute atomic E-state index is 0.189. The van der Waals surface area contributed by atoms with Crippen LogP contribution in [0.1, 0.15) is 44.2 Å². The summed E-state index contributed by atoms with van der Waals surface area (Å²) in [5.41, 5.74) is 8.18. The van der Waals surface area contributed by atoms with Gasteiger partial charge in [-0.3, -0.25) is 0 Å². The molecule has 1 rings (SSSR count). The predicted octanol–water partition coefficient (Wildman–Crippen LogP) is 3.23. The molecule has 0 heterocycles. The monoisotopic (exact) mass is 221 g/mol. The van der Waals surface area contributed by atoms with Gasteiger partial charge in [-0.25, -0.2) is 0 Å². The average molecular weight is 221 g/mol. The normalized spacial score (nSPS) is 12.9. The van der Waals surface area contributed by atoms with Gasteiger partial charge in [-0.05, 0) is 56.0 Å². The van der Waals surface area contributed by atoms with E-state index in [-0.39, 0.29) is 6.10 Å². The van der Waals surface area contributed by atoms with Crippen molar-refractivity contribution in [3.63, 3.8) is 0 Å². The van der Waals surface area contributed by atoms with Gasteiger partial charge in [0, 0.05) is 0 Å². The van der Waals surface area contributed by atoms with Crippen LogP contribution in [0.15, 0.2) is 18.2 Å². The van der Waals surface area contributed by atoms with Gasteiger partial charge in [-0.1, -0.05) is 19.9 Å². The van der Waals surface area contributed by atoms with Crippen molar-refractivity contribution in [3.8, 4) is 5.75 Å². The third-order valence-corrected chi connectivity index (χ3v) is 2.77. The maximum Gasteiger partial charge on any atom is 0.119 e. The molecule has 1 atom stereocenters. The summed E-state index contributed by atoms with van der Waals surface area (Å²) in [5.74, 6) is 1.51. The predicted molar refractivity (Wildman–Crippen MR) is 69.0 cm³/mol. The standard InChI is InChI=1S/C14H23NO/c1-10(2)14-6-5-13(9-11(14)3)16-12(4)7-8-15/h5-6,9-10,12H,7-8,15H2,1-4H3. The van der Waals surface area contributed by atoms with Gasteiger partial charge in [-0.2, -0.15) is 0 Å². The molecule has 90 valence electrons. The molecule has 1 aromatic carbocycles. The fourth-order valence-electron chi connectivity index (χ4n) is 1.90. The van der Waals surface area contributed by atoms with E-state index in [4.69, 9.17) is 10.5 Å². The molecule has 0 fully saturated rings. The molecule has 0 aromatic heterocycles. The third kappa shape index (κ3) is 3.53. The smallest absolute Gasteiger partial charge is 0.119 e. The van der Waals surface area contributed by atoms with Gasteiger partial charge in [0.1, 0.15) is 5.75 Å². The molecule has 0 bridgehead atoms. The maximum atomic E-state index is 5.79. The Morgan fingerprint density at radius 3 is 2.44 bits per heavy atom. The summed E-state index contributed by atoms with van der Waals surface area (Å²) < 4.78 is 5.79. The first kappa shape index (κ1) is 13.0. The Morgan fingerprint density at radius 2 is 1.94 bits per heavy atom. The molecule has 2 nitrogen and oxygen atoms in total. The summed E-state index contributed by atoms with van der Waals surface area (Å²) in [6, 6.07) is 6.32. The van der Waals surface area contributed by atoms with Gasteiger partial charge in [0.15, 0.2) is 0 Å². The minimum Gasteiger partial charge on any atom is -0.491 e. The lowest BCUT2D eigenvalue weighted by molar-refractivity contribution is 0.213. The molecule has 0 aliphatic carbocycles. The molecule has 0 radical (unpaired) electrons. The fourth-order valence-corrected chi connectivity index (χ4v) is 1.90. The lowest BCUT2D eigenvalue weighted by Gasteiger charge is -2.16. The first-order valence-electron chi connectivity index (χ1n) is 6.02. The van der Waals surface area contributed by atoms with Crippen molar-refractivity contribution in [1.29, 1.82) is 0 Å². The summed E-state index contributed by atoms with van der Waals surface area (Å²) in [5, 5.41) is 0. The molecule has 0 saturated heterocycles. The van der Waals surface area contributed by atoms with Crippen LogP contribution in [0.4, 0.5) is 0 Å². The number of benzene rings is 1. The van der Waals surface area contributed by atoms with Crippen LogP contribution in [0.2, 0.25) is 0 Å². The van der Waals surface area contributed by atoms with Crippen LogP contribution in [0, 0.1) is 6.92 Å². The Morgan fingerprint density at radius 1 is 1.25 bits per heavy atom. The fraction of sp³-hybridized carbons (Fsp3) is 0.571. The van der Waals surface area contributed by atoms with Crippen LogP contribution in [0.25, 0.3) is 0 Å². The van der Waals surface area contributed by atoms with Crippen LogP contribution in [0.3, 0.4) is 0 Å². The Labute approximate surface area is 98.8 Å². The Hall–Kier alpha value is -1.02. The van der Waals surface area contributed by atoms with Crippen molar-refractivity contribution in [1.82, 2.24) is 0 Å². The quantitative estimate of drug-likeness (QED) is 0.828. The van der Waals surface area contributed by atoms with Gasteiger partial charge < -0.3 is 10.5 Å². The van der Waals surface area contributed by atoms with E-state index in [1.54, 1.807) is 0 Å². The van der Waals surface area contributed by atoms with E-state index >= 15 is 0 Å². The number of hydrogen-bond acceptors (Lipinski definition) is 2. The second-order valence-electron chi connectivity index (χ2n) is 4.68. The molecule has 0 amide bonds. The molecule has 0 spiro atoms. The molecule has 16 heavy (non-hydrogen) atoms. The zero-order chi connectivity index (χ0) is 12.1. The molecular weight excluding hydrogens is 198 g/mol. The van der Waals surface area contributed by atoms with Crippen LogP contribution in [-0.2, 0) is 0 Å². The van der Waals surface area contributed by atoms with Crippen LogP contribution in [-0.4, -0.2) is 12.6 Å². The minimum atomic E-state index is 0.189. The molecule has 0 aliphatic heterocycles. The summed E-state index contributed by atoms with van der Waals surface area (Å²) >= 11 is 0. The van der Waals surface area contributed by atoms with E-state index in [1.807, 2.05) is 0 Å². The van der Waals surface area contributed by atoms with E-state index < -0.39 is 0 Å². The lowest BCUT2D eigenvalue weighted by Crippen LogP contribution is -2.16. The van der Waals surface area contributed by atoms with E-state index in [2.05, 4.69) is 45.9 Å². The van der Waals surface area contributed by atoms with E-state index in [0.29, 0.717) is 12.5 Å². The molecule has 1 aromatic rings. The summed E-state index contributed by atoms with van der Waals surface area (Å²) in [6.07, 6.45) is 1.08. The highest BCUT2D eigenvalue weighted by atomic mass is 16.5. The molecule has 1 unspecified atom stereocenters. The Balaban J connectivity index is 2.73. The van der Waals surface area contributed by atoms with Crippen LogP contribution >= 0.6 is 0 Å². The lowest BCUT2D eigenvalue weighted by atomic mass is 9.98. The number of aryl methyl sites for hydroxylation is 1. The van der Waals surface area contributed by atoms with Gasteiger partial charge in [0.25, 0.3) is 0 Å². The molecule has 0 saturated carbocycles. The highest BCUT2D eigenvalue weighted by Gasteiger charge is 2.07. The van der Waals surface area contributed by atoms with Crippen molar-refractivity contribution in [2.45, 2.75) is 46.1 Å². The third-order valence-electron chi connectivity index (χ3n) is 2.77. The topological polar surface area (TPSA) is 35.2 Å². The van der Waals surface area contributed by atoms with Gasteiger partial charge in [-0.15, -0.1) is 0 Å². The number of nitrogens with two attached hydrogens (primary N) is 1. The van der Waals surface area contributed by atoms with Crippen molar-refractivity contribution < 1.29 is 4.74 Å². The van der Waals surface area contributed by atoms with Crippen molar-refractivity contribution >= 4 is 0 Å². The van der Waals surface area contributed by atoms with Crippen LogP contribution in [0.5, 0.6) is 5.75 Å². The van der Waals surface area contributed by atoms with Gasteiger partial charge in [0.05, 0.1) is 6.10 Å². The maximum absolute atomic E-state index is 5.79. The Bertz CT molecular complexity index is 334. The summed E-state index contributed by atoms with van der Waals surface area (Å²) in [4.78, 5) is 0. The van der Waals surface area contributed by atoms with E-state index in [1.165, 1.54) is 11.1 Å². The summed E-state index contributed by atoms with van der Waals surface area (Å²) in [6.45, 7) is 9.28. The largest absolute Gasteiger partial charge is 0.491 e. The molecule has 2 heteroatoms. The van der Waals surface area contributed by atoms with Crippen LogP contribution < -0.4 is 10.5 Å². The van der Waals surface area contributed by atoms with Gasteiger partial charge >= 0.3 is 0 Å². The first-order chi connectivity index (χ1) is 7.54. The van der Waals surface area contributed by atoms with Crippen molar-refractivity contribution in [2.24, 2.45) is 5.73 Å². The first-order valence-corrected chi connectivity index (χ1v) is 6.02. The highest BCUT2D eigenvalue weighted by Crippen LogP contribution is 2.24. The zero-order valence-corrected chi connectivity index (χ0v) is 10.8. The highest BCUT2D eigenvalue weighted by molar-refractivity contribution is 5.36. The van der Waals surface area contributed by atoms with Gasteiger partial charge in [0.2, 0.25) is 0 Å². The molecule has 0 aliphatic rings. The van der Waals surface area contributed by atoms with E-state index in [9.17, 15) is 0 Å². The molecule has 2 N–H and O–H groups in total. The second kappa shape index (κ2) is 5.90. The average Bonchev–Trinajstić information content (AvgIpc) is 2.17. The zero-order valence-electron chi connectivity index (χ0n) is 10.8. The second-order valence-corrected chi connectivity index (χ2v) is 4.68. The SMILES string of the molecule is Cc1cc(OC(C)CCN)ccc1C(C)C. The Kier molecular flexibility index (Phi) is 4.81. The number of ether oxygens (including phenoxy) is 1. The van der Waals surface area contributed by atoms with Crippen molar-refractivity contribution in [3.05, 3.63) is 29.3 Å². The molecular formula is C14H23NO.